The van der Waals surface area contributed by atoms with Gasteiger partial charge in [0.2, 0.25) is 0 Å². The van der Waals surface area contributed by atoms with Crippen molar-refractivity contribution in [1.29, 1.82) is 0 Å². The van der Waals surface area contributed by atoms with Gasteiger partial charge in [-0.25, -0.2) is 4.79 Å². The molecule has 1 saturated heterocycles. The lowest BCUT2D eigenvalue weighted by molar-refractivity contribution is -0.144. The van der Waals surface area contributed by atoms with Gasteiger partial charge in [0.15, 0.2) is 0 Å². The Morgan fingerprint density at radius 1 is 1.43 bits per heavy atom. The lowest BCUT2D eigenvalue weighted by Gasteiger charge is -2.37. The molecule has 0 aliphatic carbocycles. The number of aromatic hydroxyl groups is 1. The lowest BCUT2D eigenvalue weighted by Crippen LogP contribution is -2.50. The standard InChI is InChI=1S/C15H18INO4/c1-2-9-5-6-17(12(7-9)15(20)21)14(19)11-8-10(16)3-4-13(11)18/h3-4,8-9,12,18H,2,5-7H2,1H3,(H,20,21). The topological polar surface area (TPSA) is 77.8 Å². The van der Waals surface area contributed by atoms with E-state index in [2.05, 4.69) is 22.6 Å². The second kappa shape index (κ2) is 6.64. The molecular formula is C15H18INO4. The number of likely N-dealkylation sites (tertiary alicyclic amines) is 1. The second-order valence-corrected chi connectivity index (χ2v) is 6.56. The van der Waals surface area contributed by atoms with Crippen molar-refractivity contribution in [1.82, 2.24) is 4.90 Å². The normalized spacial score (nSPS) is 22.1. The first kappa shape index (κ1) is 16.1. The Labute approximate surface area is 137 Å². The van der Waals surface area contributed by atoms with Crippen LogP contribution in [0, 0.1) is 9.49 Å². The highest BCUT2D eigenvalue weighted by Crippen LogP contribution is 2.29. The highest BCUT2D eigenvalue weighted by molar-refractivity contribution is 14.1. The summed E-state index contributed by atoms with van der Waals surface area (Å²) in [5, 5.41) is 19.2. The number of amides is 1. The van der Waals surface area contributed by atoms with Crippen LogP contribution < -0.4 is 0 Å². The molecule has 1 aliphatic rings. The number of carboxylic acid groups (broad SMARTS) is 1. The molecule has 2 N–H and O–H groups in total. The van der Waals surface area contributed by atoms with Crippen molar-refractivity contribution in [2.45, 2.75) is 32.2 Å². The first-order valence-corrected chi connectivity index (χ1v) is 8.04. The number of halogens is 1. The van der Waals surface area contributed by atoms with Gasteiger partial charge in [0, 0.05) is 10.1 Å². The minimum absolute atomic E-state index is 0.109. The lowest BCUT2D eigenvalue weighted by atomic mass is 9.88. The number of rotatable bonds is 3. The van der Waals surface area contributed by atoms with Gasteiger partial charge in [-0.2, -0.15) is 0 Å². The fraction of sp³-hybridized carbons (Fsp3) is 0.467. The minimum Gasteiger partial charge on any atom is -0.507 e. The number of nitrogens with zero attached hydrogens (tertiary/aromatic N) is 1. The van der Waals surface area contributed by atoms with Crippen LogP contribution in [0.2, 0.25) is 0 Å². The van der Waals surface area contributed by atoms with Crippen LogP contribution in [0.25, 0.3) is 0 Å². The third kappa shape index (κ3) is 3.48. The fourth-order valence-corrected chi connectivity index (χ4v) is 3.21. The van der Waals surface area contributed by atoms with Crippen LogP contribution in [-0.4, -0.2) is 39.6 Å². The minimum atomic E-state index is -0.980. The Morgan fingerprint density at radius 3 is 2.76 bits per heavy atom. The summed E-state index contributed by atoms with van der Waals surface area (Å²) in [5.74, 6) is -1.17. The zero-order valence-electron chi connectivity index (χ0n) is 11.8. The van der Waals surface area contributed by atoms with E-state index in [-0.39, 0.29) is 11.3 Å². The largest absolute Gasteiger partial charge is 0.507 e. The highest BCUT2D eigenvalue weighted by Gasteiger charge is 2.36. The number of phenols is 1. The van der Waals surface area contributed by atoms with Crippen LogP contribution in [0.15, 0.2) is 18.2 Å². The first-order valence-electron chi connectivity index (χ1n) is 6.96. The van der Waals surface area contributed by atoms with Crippen LogP contribution in [0.5, 0.6) is 5.75 Å². The number of piperidine rings is 1. The molecule has 1 heterocycles. The molecule has 1 fully saturated rings. The van der Waals surface area contributed by atoms with Crippen molar-refractivity contribution >= 4 is 34.5 Å². The molecule has 0 saturated carbocycles. The molecule has 2 unspecified atom stereocenters. The van der Waals surface area contributed by atoms with Crippen molar-refractivity contribution in [2.75, 3.05) is 6.54 Å². The zero-order valence-corrected chi connectivity index (χ0v) is 13.9. The maximum atomic E-state index is 12.6. The molecule has 2 atom stereocenters. The predicted molar refractivity (Wildman–Crippen MR) is 86.3 cm³/mol. The highest BCUT2D eigenvalue weighted by atomic mass is 127. The molecule has 21 heavy (non-hydrogen) atoms. The molecule has 1 aromatic carbocycles. The molecule has 0 aromatic heterocycles. The van der Waals surface area contributed by atoms with E-state index in [1.54, 1.807) is 12.1 Å². The van der Waals surface area contributed by atoms with Gasteiger partial charge in [0.25, 0.3) is 5.91 Å². The number of benzene rings is 1. The predicted octanol–water partition coefficient (Wildman–Crippen LogP) is 2.71. The summed E-state index contributed by atoms with van der Waals surface area (Å²) in [6, 6.07) is 3.94. The van der Waals surface area contributed by atoms with Gasteiger partial charge in [0.1, 0.15) is 11.8 Å². The van der Waals surface area contributed by atoms with Gasteiger partial charge < -0.3 is 15.1 Å². The Balaban J connectivity index is 2.28. The molecule has 2 rings (SSSR count). The SMILES string of the molecule is CCC1CCN(C(=O)c2cc(I)ccc2O)C(C(=O)O)C1. The summed E-state index contributed by atoms with van der Waals surface area (Å²) in [4.78, 5) is 25.4. The summed E-state index contributed by atoms with van der Waals surface area (Å²) in [6.07, 6.45) is 2.19. The molecule has 6 heteroatoms. The van der Waals surface area contributed by atoms with Crippen LogP contribution in [0.1, 0.15) is 36.5 Å². The number of aliphatic carboxylic acids is 1. The summed E-state index contributed by atoms with van der Waals surface area (Å²) >= 11 is 2.06. The summed E-state index contributed by atoms with van der Waals surface area (Å²) in [5.41, 5.74) is 0.170. The Hall–Kier alpha value is -1.31. The van der Waals surface area contributed by atoms with E-state index >= 15 is 0 Å². The number of hydrogen-bond acceptors (Lipinski definition) is 3. The van der Waals surface area contributed by atoms with Crippen molar-refractivity contribution in [2.24, 2.45) is 5.92 Å². The number of carboxylic acids is 1. The summed E-state index contributed by atoms with van der Waals surface area (Å²) in [6.45, 7) is 2.45. The second-order valence-electron chi connectivity index (χ2n) is 5.31. The molecule has 114 valence electrons. The van der Waals surface area contributed by atoms with Crippen molar-refractivity contribution in [3.05, 3.63) is 27.3 Å². The molecule has 1 aliphatic heterocycles. The maximum absolute atomic E-state index is 12.6. The van der Waals surface area contributed by atoms with Gasteiger partial charge in [0.05, 0.1) is 5.56 Å². The van der Waals surface area contributed by atoms with Crippen molar-refractivity contribution < 1.29 is 19.8 Å². The van der Waals surface area contributed by atoms with E-state index in [0.29, 0.717) is 18.9 Å². The van der Waals surface area contributed by atoms with Crippen molar-refractivity contribution in [3.63, 3.8) is 0 Å². The molecule has 1 amide bonds. The monoisotopic (exact) mass is 403 g/mol. The van der Waals surface area contributed by atoms with E-state index in [0.717, 1.165) is 16.4 Å². The fourth-order valence-electron chi connectivity index (χ4n) is 2.72. The van der Waals surface area contributed by atoms with Gasteiger partial charge in [-0.1, -0.05) is 13.3 Å². The average molecular weight is 403 g/mol. The molecule has 0 bridgehead atoms. The molecule has 5 nitrogen and oxygen atoms in total. The van der Waals surface area contributed by atoms with E-state index in [1.807, 2.05) is 6.92 Å². The quantitative estimate of drug-likeness (QED) is 0.761. The Morgan fingerprint density at radius 2 is 2.14 bits per heavy atom. The van der Waals surface area contributed by atoms with E-state index in [9.17, 15) is 19.8 Å². The summed E-state index contributed by atoms with van der Waals surface area (Å²) < 4.78 is 0.823. The summed E-state index contributed by atoms with van der Waals surface area (Å²) in [7, 11) is 0. The first-order chi connectivity index (χ1) is 9.93. The van der Waals surface area contributed by atoms with Crippen LogP contribution in [0.3, 0.4) is 0 Å². The zero-order chi connectivity index (χ0) is 15.6. The van der Waals surface area contributed by atoms with Gasteiger partial charge in [-0.15, -0.1) is 0 Å². The Kier molecular flexibility index (Phi) is 5.08. The van der Waals surface area contributed by atoms with Crippen LogP contribution in [-0.2, 0) is 4.79 Å². The third-order valence-electron chi connectivity index (χ3n) is 4.02. The van der Waals surface area contributed by atoms with Gasteiger partial charge in [-0.3, -0.25) is 4.79 Å². The maximum Gasteiger partial charge on any atom is 0.326 e. The molecule has 0 spiro atoms. The number of carbonyl (C=O) groups excluding carboxylic acids is 1. The number of carbonyl (C=O) groups is 2. The van der Waals surface area contributed by atoms with Crippen LogP contribution >= 0.6 is 22.6 Å². The van der Waals surface area contributed by atoms with Gasteiger partial charge >= 0.3 is 5.97 Å². The molecule has 0 radical (unpaired) electrons. The van der Waals surface area contributed by atoms with E-state index in [1.165, 1.54) is 11.0 Å². The van der Waals surface area contributed by atoms with Crippen LogP contribution in [0.4, 0.5) is 0 Å². The average Bonchev–Trinajstić information content (AvgIpc) is 2.48. The molecule has 1 aromatic rings. The number of hydrogen-bond donors (Lipinski definition) is 2. The smallest absolute Gasteiger partial charge is 0.326 e. The molecular weight excluding hydrogens is 385 g/mol. The third-order valence-corrected chi connectivity index (χ3v) is 4.69. The van der Waals surface area contributed by atoms with E-state index in [4.69, 9.17) is 0 Å². The van der Waals surface area contributed by atoms with E-state index < -0.39 is 17.9 Å². The Bertz CT molecular complexity index is 561. The van der Waals surface area contributed by atoms with Gasteiger partial charge in [-0.05, 0) is 59.5 Å². The van der Waals surface area contributed by atoms with Crippen molar-refractivity contribution in [3.8, 4) is 5.75 Å². The number of phenolic OH excluding ortho intramolecular Hbond substituents is 1.